The molecule has 0 spiro atoms. The molecular formula is C12H8F2N6O2. The van der Waals surface area contributed by atoms with Crippen molar-refractivity contribution >= 4 is 17.2 Å². The number of allylic oxidation sites excluding steroid dienone is 1. The first-order valence-electron chi connectivity index (χ1n) is 5.74. The summed E-state index contributed by atoms with van der Waals surface area (Å²) < 4.78 is 31.6. The average Bonchev–Trinajstić information content (AvgIpc) is 3.03. The van der Waals surface area contributed by atoms with Crippen LogP contribution in [0.2, 0.25) is 0 Å². The zero-order valence-electron chi connectivity index (χ0n) is 11.1. The number of carbonyl (C=O) groups is 1. The molecule has 2 rings (SSSR count). The van der Waals surface area contributed by atoms with Crippen LogP contribution in [0.1, 0.15) is 16.2 Å². The number of halogens is 2. The summed E-state index contributed by atoms with van der Waals surface area (Å²) in [6, 6.07) is 3.24. The number of ether oxygens (including phenoxy) is 1. The van der Waals surface area contributed by atoms with E-state index in [1.54, 1.807) is 6.07 Å². The van der Waals surface area contributed by atoms with E-state index in [-0.39, 0.29) is 17.1 Å². The smallest absolute Gasteiger partial charge is 0.340 e. The van der Waals surface area contributed by atoms with Crippen molar-refractivity contribution in [2.24, 2.45) is 0 Å². The Labute approximate surface area is 122 Å². The molecule has 0 saturated heterocycles. The Morgan fingerprint density at radius 1 is 1.45 bits per heavy atom. The number of hydrogen-bond acceptors (Lipinski definition) is 7. The molecule has 2 aromatic rings. The monoisotopic (exact) mass is 306 g/mol. The van der Waals surface area contributed by atoms with Crippen molar-refractivity contribution in [3.63, 3.8) is 0 Å². The molecule has 10 heteroatoms. The van der Waals surface area contributed by atoms with Crippen LogP contribution in [0.3, 0.4) is 0 Å². The van der Waals surface area contributed by atoms with Crippen LogP contribution in [0, 0.1) is 23.0 Å². The van der Waals surface area contributed by atoms with Crippen molar-refractivity contribution in [2.45, 2.75) is 0 Å². The number of aromatic amines is 1. The lowest BCUT2D eigenvalue weighted by Gasteiger charge is -2.07. The summed E-state index contributed by atoms with van der Waals surface area (Å²) in [4.78, 5) is 11.4. The van der Waals surface area contributed by atoms with Crippen LogP contribution in [0.4, 0.5) is 14.5 Å². The van der Waals surface area contributed by atoms with Crippen LogP contribution in [0.25, 0.3) is 5.57 Å². The SMILES string of the molecule is COC(=O)c1cc(NC=C(C#N)c2nn[nH]n2)c(F)cc1F. The summed E-state index contributed by atoms with van der Waals surface area (Å²) >= 11 is 0. The highest BCUT2D eigenvalue weighted by atomic mass is 19.1. The third-order valence-electron chi connectivity index (χ3n) is 2.54. The first kappa shape index (κ1) is 15.0. The minimum Gasteiger partial charge on any atom is -0.465 e. The number of nitriles is 1. The molecule has 0 aliphatic heterocycles. The van der Waals surface area contributed by atoms with Crippen molar-refractivity contribution in [3.05, 3.63) is 41.4 Å². The Balaban J connectivity index is 2.33. The largest absolute Gasteiger partial charge is 0.465 e. The summed E-state index contributed by atoms with van der Waals surface area (Å²) in [5.74, 6) is -2.97. The van der Waals surface area contributed by atoms with Gasteiger partial charge >= 0.3 is 5.97 Å². The molecule has 0 aliphatic rings. The second-order valence-electron chi connectivity index (χ2n) is 3.85. The van der Waals surface area contributed by atoms with Crippen molar-refractivity contribution in [3.8, 4) is 6.07 Å². The molecule has 112 valence electrons. The maximum Gasteiger partial charge on any atom is 0.340 e. The zero-order valence-corrected chi connectivity index (χ0v) is 11.1. The number of carbonyl (C=O) groups excluding carboxylic acids is 1. The number of nitrogens with zero attached hydrogens (tertiary/aromatic N) is 4. The Morgan fingerprint density at radius 3 is 2.82 bits per heavy atom. The predicted molar refractivity (Wildman–Crippen MR) is 69.1 cm³/mol. The van der Waals surface area contributed by atoms with Gasteiger partial charge in [-0.25, -0.2) is 13.6 Å². The number of nitrogens with one attached hydrogen (secondary N) is 2. The summed E-state index contributed by atoms with van der Waals surface area (Å²) in [5.41, 5.74) is -0.715. The summed E-state index contributed by atoms with van der Waals surface area (Å²) in [7, 11) is 1.07. The maximum atomic E-state index is 13.7. The highest BCUT2D eigenvalue weighted by Gasteiger charge is 2.16. The zero-order chi connectivity index (χ0) is 16.1. The van der Waals surface area contributed by atoms with E-state index in [9.17, 15) is 13.6 Å². The molecule has 22 heavy (non-hydrogen) atoms. The fourth-order valence-electron chi connectivity index (χ4n) is 1.50. The van der Waals surface area contributed by atoms with Crippen LogP contribution >= 0.6 is 0 Å². The van der Waals surface area contributed by atoms with E-state index in [0.29, 0.717) is 6.07 Å². The Bertz CT molecular complexity index is 767. The number of methoxy groups -OCH3 is 1. The van der Waals surface area contributed by atoms with Crippen LogP contribution in [-0.4, -0.2) is 33.7 Å². The normalized spacial score (nSPS) is 10.9. The number of rotatable bonds is 4. The number of hydrogen-bond donors (Lipinski definition) is 2. The number of benzene rings is 1. The molecule has 1 aromatic heterocycles. The molecule has 1 aromatic carbocycles. The van der Waals surface area contributed by atoms with Crippen molar-refractivity contribution in [2.75, 3.05) is 12.4 Å². The molecule has 0 saturated carbocycles. The molecular weight excluding hydrogens is 298 g/mol. The second-order valence-corrected chi connectivity index (χ2v) is 3.85. The van der Waals surface area contributed by atoms with Crippen LogP contribution in [0.15, 0.2) is 18.3 Å². The van der Waals surface area contributed by atoms with E-state index in [4.69, 9.17) is 5.26 Å². The predicted octanol–water partition coefficient (Wildman–Crippen LogP) is 1.24. The van der Waals surface area contributed by atoms with Crippen molar-refractivity contribution < 1.29 is 18.3 Å². The molecule has 2 N–H and O–H groups in total. The van der Waals surface area contributed by atoms with E-state index in [2.05, 4.69) is 30.7 Å². The Kier molecular flexibility index (Phi) is 4.38. The van der Waals surface area contributed by atoms with E-state index >= 15 is 0 Å². The number of esters is 1. The van der Waals surface area contributed by atoms with Gasteiger partial charge in [0.25, 0.3) is 0 Å². The number of aromatic nitrogens is 4. The van der Waals surface area contributed by atoms with Crippen molar-refractivity contribution in [1.82, 2.24) is 20.6 Å². The van der Waals surface area contributed by atoms with Gasteiger partial charge in [-0.1, -0.05) is 0 Å². The highest BCUT2D eigenvalue weighted by molar-refractivity contribution is 5.91. The molecule has 0 bridgehead atoms. The van der Waals surface area contributed by atoms with E-state index in [1.165, 1.54) is 0 Å². The quantitative estimate of drug-likeness (QED) is 0.644. The first-order chi connectivity index (χ1) is 10.6. The topological polar surface area (TPSA) is 117 Å². The minimum absolute atomic E-state index is 0.00860. The highest BCUT2D eigenvalue weighted by Crippen LogP contribution is 2.21. The van der Waals surface area contributed by atoms with Crippen LogP contribution in [0.5, 0.6) is 0 Å². The molecule has 0 atom stereocenters. The third kappa shape index (κ3) is 3.04. The lowest BCUT2D eigenvalue weighted by molar-refractivity contribution is 0.0595. The summed E-state index contributed by atoms with van der Waals surface area (Å²) in [5, 5.41) is 24.0. The lowest BCUT2D eigenvalue weighted by atomic mass is 10.1. The Hall–Kier alpha value is -3.35. The van der Waals surface area contributed by atoms with Gasteiger partial charge in [0.05, 0.1) is 18.4 Å². The average molecular weight is 306 g/mol. The van der Waals surface area contributed by atoms with Crippen LogP contribution < -0.4 is 5.32 Å². The molecule has 0 radical (unpaired) electrons. The van der Waals surface area contributed by atoms with Gasteiger partial charge in [-0.15, -0.1) is 10.2 Å². The van der Waals surface area contributed by atoms with Gasteiger partial charge in [-0.2, -0.15) is 10.5 Å². The van der Waals surface area contributed by atoms with E-state index in [0.717, 1.165) is 19.4 Å². The lowest BCUT2D eigenvalue weighted by Crippen LogP contribution is -2.07. The first-order valence-corrected chi connectivity index (χ1v) is 5.74. The molecule has 0 aliphatic carbocycles. The molecule has 0 amide bonds. The summed E-state index contributed by atoms with van der Waals surface area (Å²) in [6.07, 6.45) is 1.10. The van der Waals surface area contributed by atoms with Gasteiger partial charge in [-0.3, -0.25) is 0 Å². The van der Waals surface area contributed by atoms with Crippen LogP contribution in [-0.2, 0) is 4.74 Å². The van der Waals surface area contributed by atoms with Crippen molar-refractivity contribution in [1.29, 1.82) is 5.26 Å². The molecule has 0 fully saturated rings. The van der Waals surface area contributed by atoms with Gasteiger partial charge in [0.15, 0.2) is 0 Å². The van der Waals surface area contributed by atoms with Gasteiger partial charge in [0.1, 0.15) is 23.3 Å². The fourth-order valence-corrected chi connectivity index (χ4v) is 1.50. The van der Waals surface area contributed by atoms with E-state index in [1.807, 2.05) is 0 Å². The minimum atomic E-state index is -1.06. The number of H-pyrrole nitrogens is 1. The fraction of sp³-hybridized carbons (Fsp3) is 0.0833. The number of tetrazole rings is 1. The molecule has 1 heterocycles. The van der Waals surface area contributed by atoms with Gasteiger partial charge in [0, 0.05) is 12.3 Å². The molecule has 0 unspecified atom stereocenters. The van der Waals surface area contributed by atoms with Gasteiger partial charge in [0.2, 0.25) is 5.82 Å². The van der Waals surface area contributed by atoms with Gasteiger partial charge in [-0.05, 0) is 11.3 Å². The van der Waals surface area contributed by atoms with E-state index < -0.39 is 23.2 Å². The summed E-state index contributed by atoms with van der Waals surface area (Å²) in [6.45, 7) is 0. The molecule has 8 nitrogen and oxygen atoms in total. The van der Waals surface area contributed by atoms with Gasteiger partial charge < -0.3 is 10.1 Å². The standard InChI is InChI=1S/C12H8F2N6O2/c1-22-12(21)7-2-10(9(14)3-8(7)13)16-5-6(4-15)11-17-19-20-18-11/h2-3,5,16H,1H3,(H,17,18,19,20). The Morgan fingerprint density at radius 2 is 2.23 bits per heavy atom. The maximum absolute atomic E-state index is 13.7. The second kappa shape index (κ2) is 6.40. The third-order valence-corrected chi connectivity index (χ3v) is 2.54. The number of anilines is 1.